The number of hydrogen-bond acceptors (Lipinski definition) is 4. The smallest absolute Gasteiger partial charge is 0.270 e. The van der Waals surface area contributed by atoms with E-state index >= 15 is 0 Å². The Hall–Kier alpha value is -4.36. The van der Waals surface area contributed by atoms with Gasteiger partial charge in [0.15, 0.2) is 0 Å². The number of fused-ring (bicyclic) bond motifs is 2. The molecule has 4 aromatic rings. The number of para-hydroxylation sites is 2. The Morgan fingerprint density at radius 3 is 2.43 bits per heavy atom. The molecule has 2 amide bonds. The number of likely N-dealkylation sites (tertiary alicyclic amines) is 2. The van der Waals surface area contributed by atoms with E-state index in [1.165, 1.54) is 12.8 Å². The van der Waals surface area contributed by atoms with Crippen molar-refractivity contribution in [2.24, 2.45) is 0 Å². The number of aryl methyl sites for hydroxylation is 1. The van der Waals surface area contributed by atoms with Gasteiger partial charge in [0.2, 0.25) is 0 Å². The molecule has 3 aliphatic heterocycles. The highest BCUT2D eigenvalue weighted by atomic mass is 16.5. The van der Waals surface area contributed by atoms with Crippen LogP contribution in [0, 0.1) is 6.92 Å². The fraction of sp³-hybridized carbons (Fsp3) is 0.351. The zero-order chi connectivity index (χ0) is 30.2. The number of nitrogens with zero attached hydrogens (tertiary/aromatic N) is 4. The van der Waals surface area contributed by atoms with Crippen molar-refractivity contribution in [3.05, 3.63) is 107 Å². The lowest BCUT2D eigenvalue weighted by Gasteiger charge is -2.29. The van der Waals surface area contributed by atoms with Gasteiger partial charge >= 0.3 is 0 Å². The van der Waals surface area contributed by atoms with Gasteiger partial charge in [-0.15, -0.1) is 0 Å². The molecule has 2 saturated heterocycles. The molecule has 2 fully saturated rings. The van der Waals surface area contributed by atoms with E-state index in [1.54, 1.807) is 7.11 Å². The van der Waals surface area contributed by atoms with E-state index in [2.05, 4.69) is 20.4 Å². The minimum absolute atomic E-state index is 0.0557. The van der Waals surface area contributed by atoms with Crippen molar-refractivity contribution in [1.29, 1.82) is 0 Å². The number of anilines is 1. The van der Waals surface area contributed by atoms with E-state index in [0.717, 1.165) is 84.1 Å². The number of rotatable bonds is 6. The molecule has 3 aliphatic rings. The quantitative estimate of drug-likeness (QED) is 0.262. The number of methoxy groups -OCH3 is 1. The van der Waals surface area contributed by atoms with Gasteiger partial charge in [0.05, 0.1) is 20.2 Å². The summed E-state index contributed by atoms with van der Waals surface area (Å²) in [5, 5.41) is 0. The van der Waals surface area contributed by atoms with E-state index in [4.69, 9.17) is 4.74 Å². The normalized spacial score (nSPS) is 18.2. The first-order valence-electron chi connectivity index (χ1n) is 15.9. The van der Waals surface area contributed by atoms with Crippen LogP contribution in [0.2, 0.25) is 0 Å². The molecule has 0 bridgehead atoms. The van der Waals surface area contributed by atoms with E-state index in [0.29, 0.717) is 18.7 Å². The third-order valence-electron chi connectivity index (χ3n) is 9.64. The van der Waals surface area contributed by atoms with Crippen LogP contribution in [0.1, 0.15) is 63.4 Å². The first-order chi connectivity index (χ1) is 21.5. The van der Waals surface area contributed by atoms with Crippen LogP contribution >= 0.6 is 0 Å². The van der Waals surface area contributed by atoms with E-state index in [1.807, 2.05) is 84.6 Å². The number of ether oxygens (including phenoxy) is 1. The minimum atomic E-state index is -0.0557. The van der Waals surface area contributed by atoms with Gasteiger partial charge in [-0.3, -0.25) is 9.59 Å². The first-order valence-corrected chi connectivity index (χ1v) is 15.9. The summed E-state index contributed by atoms with van der Waals surface area (Å²) in [4.78, 5) is 34.8. The number of carbonyl (C=O) groups excluding carboxylic acids is 2. The van der Waals surface area contributed by atoms with Crippen molar-refractivity contribution in [3.8, 4) is 16.9 Å². The Labute approximate surface area is 259 Å². The van der Waals surface area contributed by atoms with Crippen LogP contribution < -0.4 is 9.64 Å². The van der Waals surface area contributed by atoms with Gasteiger partial charge in [0.25, 0.3) is 11.8 Å². The average Bonchev–Trinajstić information content (AvgIpc) is 3.81. The van der Waals surface area contributed by atoms with Crippen LogP contribution in [0.25, 0.3) is 11.1 Å². The maximum Gasteiger partial charge on any atom is 0.270 e. The molecule has 0 spiro atoms. The molecule has 7 rings (SSSR count). The zero-order valence-corrected chi connectivity index (χ0v) is 25.7. The van der Waals surface area contributed by atoms with Gasteiger partial charge in [-0.1, -0.05) is 42.5 Å². The maximum atomic E-state index is 14.2. The number of aromatic nitrogens is 1. The molecule has 4 heterocycles. The summed E-state index contributed by atoms with van der Waals surface area (Å²) in [6.07, 6.45) is 4.63. The third kappa shape index (κ3) is 5.19. The van der Waals surface area contributed by atoms with Gasteiger partial charge < -0.3 is 24.0 Å². The molecule has 44 heavy (non-hydrogen) atoms. The molecular formula is C37H40N4O3. The zero-order valence-electron chi connectivity index (χ0n) is 25.7. The Balaban J connectivity index is 1.18. The predicted octanol–water partition coefficient (Wildman–Crippen LogP) is 6.38. The Morgan fingerprint density at radius 1 is 0.818 bits per heavy atom. The lowest BCUT2D eigenvalue weighted by Crippen LogP contribution is -2.43. The monoisotopic (exact) mass is 588 g/mol. The van der Waals surface area contributed by atoms with Crippen LogP contribution in [-0.2, 0) is 13.1 Å². The number of benzene rings is 3. The largest absolute Gasteiger partial charge is 0.496 e. The topological polar surface area (TPSA) is 58.0 Å². The van der Waals surface area contributed by atoms with Crippen molar-refractivity contribution in [2.75, 3.05) is 38.2 Å². The summed E-state index contributed by atoms with van der Waals surface area (Å²) in [7, 11) is 1.68. The molecule has 1 atom stereocenters. The van der Waals surface area contributed by atoms with Gasteiger partial charge in [-0.05, 0) is 98.8 Å². The summed E-state index contributed by atoms with van der Waals surface area (Å²) in [5.41, 5.74) is 7.29. The second kappa shape index (κ2) is 12.0. The lowest BCUT2D eigenvalue weighted by atomic mass is 9.97. The summed E-state index contributed by atoms with van der Waals surface area (Å²) in [5.74, 6) is 0.858. The second-order valence-electron chi connectivity index (χ2n) is 12.3. The number of amides is 2. The second-order valence-corrected chi connectivity index (χ2v) is 12.3. The fourth-order valence-electron chi connectivity index (χ4n) is 7.35. The molecule has 0 radical (unpaired) electrons. The van der Waals surface area contributed by atoms with Crippen molar-refractivity contribution < 1.29 is 14.3 Å². The molecule has 0 unspecified atom stereocenters. The van der Waals surface area contributed by atoms with Crippen molar-refractivity contribution in [2.45, 2.75) is 51.7 Å². The summed E-state index contributed by atoms with van der Waals surface area (Å²) in [6, 6.07) is 26.2. The van der Waals surface area contributed by atoms with Crippen LogP contribution in [0.4, 0.5) is 5.69 Å². The molecule has 226 valence electrons. The van der Waals surface area contributed by atoms with Crippen molar-refractivity contribution in [1.82, 2.24) is 14.4 Å². The molecule has 3 aromatic carbocycles. The lowest BCUT2D eigenvalue weighted by molar-refractivity contribution is 0.0698. The summed E-state index contributed by atoms with van der Waals surface area (Å²) < 4.78 is 7.73. The summed E-state index contributed by atoms with van der Waals surface area (Å²) >= 11 is 0. The van der Waals surface area contributed by atoms with Gasteiger partial charge in [-0.25, -0.2) is 0 Å². The highest BCUT2D eigenvalue weighted by molar-refractivity contribution is 6.07. The Morgan fingerprint density at radius 2 is 1.61 bits per heavy atom. The standard InChI is InChI=1S/C37H40N4O3/c1-26-22-27(15-17-31(26)32-12-4-6-14-35(32)44-2)36(42)41-25-30-16-18-34(40(30)23-28-10-3-5-13-33(28)41)37(43)39-21-9-11-29(39)24-38-19-7-8-20-38/h3-6,10,12-18,22,29H,7-9,11,19-21,23-25H2,1-2H3/t29-/m0/s1. The molecule has 0 saturated carbocycles. The molecule has 0 N–H and O–H groups in total. The maximum absolute atomic E-state index is 14.2. The Kier molecular flexibility index (Phi) is 7.73. The van der Waals surface area contributed by atoms with Gasteiger partial charge in [-0.2, -0.15) is 0 Å². The van der Waals surface area contributed by atoms with Crippen molar-refractivity contribution >= 4 is 17.5 Å². The van der Waals surface area contributed by atoms with Crippen LogP contribution in [0.5, 0.6) is 5.75 Å². The molecular weight excluding hydrogens is 548 g/mol. The average molecular weight is 589 g/mol. The summed E-state index contributed by atoms with van der Waals surface area (Å²) in [6.45, 7) is 7.05. The highest BCUT2D eigenvalue weighted by Gasteiger charge is 2.34. The number of carbonyl (C=O) groups is 2. The van der Waals surface area contributed by atoms with Crippen LogP contribution in [-0.4, -0.2) is 65.5 Å². The van der Waals surface area contributed by atoms with Crippen LogP contribution in [0.3, 0.4) is 0 Å². The third-order valence-corrected chi connectivity index (χ3v) is 9.64. The fourth-order valence-corrected chi connectivity index (χ4v) is 7.35. The van der Waals surface area contributed by atoms with Crippen LogP contribution in [0.15, 0.2) is 78.9 Å². The number of hydrogen-bond donors (Lipinski definition) is 0. The predicted molar refractivity (Wildman–Crippen MR) is 173 cm³/mol. The van der Waals surface area contributed by atoms with Gasteiger partial charge in [0, 0.05) is 41.6 Å². The van der Waals surface area contributed by atoms with E-state index < -0.39 is 0 Å². The van der Waals surface area contributed by atoms with E-state index in [9.17, 15) is 9.59 Å². The molecule has 0 aliphatic carbocycles. The van der Waals surface area contributed by atoms with Gasteiger partial charge in [0.1, 0.15) is 11.4 Å². The molecule has 7 heteroatoms. The molecule has 1 aromatic heterocycles. The first kappa shape index (κ1) is 28.4. The Bertz CT molecular complexity index is 1700. The highest BCUT2D eigenvalue weighted by Crippen LogP contribution is 2.35. The molecule has 7 nitrogen and oxygen atoms in total. The SMILES string of the molecule is COc1ccccc1-c1ccc(C(=O)N2Cc3ccc(C(=O)N4CCC[C@H]4CN4CCCC4)n3Cc3ccccc32)cc1C. The van der Waals surface area contributed by atoms with Crippen molar-refractivity contribution in [3.63, 3.8) is 0 Å². The van der Waals surface area contributed by atoms with E-state index in [-0.39, 0.29) is 17.9 Å². The minimum Gasteiger partial charge on any atom is -0.496 e.